The summed E-state index contributed by atoms with van der Waals surface area (Å²) in [6, 6.07) is -0.688. The zero-order chi connectivity index (χ0) is 16.1. The third-order valence-corrected chi connectivity index (χ3v) is 2.46. The Labute approximate surface area is 126 Å². The lowest BCUT2D eigenvalue weighted by Crippen LogP contribution is -2.43. The van der Waals surface area contributed by atoms with E-state index in [-0.39, 0.29) is 25.7 Å². The van der Waals surface area contributed by atoms with E-state index in [0.29, 0.717) is 19.6 Å². The number of methoxy groups -OCH3 is 1. The molecule has 0 fully saturated rings. The highest BCUT2D eigenvalue weighted by Gasteiger charge is 2.23. The second-order valence-corrected chi connectivity index (χ2v) is 4.82. The van der Waals surface area contributed by atoms with Crippen molar-refractivity contribution in [2.75, 3.05) is 40.1 Å². The molecule has 0 spiro atoms. The van der Waals surface area contributed by atoms with Crippen LogP contribution in [-0.2, 0) is 23.7 Å². The summed E-state index contributed by atoms with van der Waals surface area (Å²) in [6.45, 7) is 7.26. The lowest BCUT2D eigenvalue weighted by molar-refractivity contribution is -0.146. The molecule has 1 atom stereocenters. The molecule has 0 aromatic carbocycles. The van der Waals surface area contributed by atoms with Crippen molar-refractivity contribution in [1.29, 1.82) is 0 Å². The minimum atomic E-state index is -0.688. The molecule has 21 heavy (non-hydrogen) atoms. The van der Waals surface area contributed by atoms with Gasteiger partial charge in [0.2, 0.25) is 0 Å². The van der Waals surface area contributed by atoms with Gasteiger partial charge in [-0.3, -0.25) is 0 Å². The summed E-state index contributed by atoms with van der Waals surface area (Å²) in [5.74, 6) is -0.198. The molecule has 0 saturated heterocycles. The molecule has 0 aliphatic heterocycles. The van der Waals surface area contributed by atoms with Crippen LogP contribution >= 0.6 is 0 Å². The zero-order valence-electron chi connectivity index (χ0n) is 13.3. The van der Waals surface area contributed by atoms with Gasteiger partial charge in [0.15, 0.2) is 0 Å². The lowest BCUT2D eigenvalue weighted by atomic mass is 10.0. The van der Waals surface area contributed by atoms with Crippen LogP contribution in [0.2, 0.25) is 0 Å². The normalized spacial score (nSPS) is 12.0. The van der Waals surface area contributed by atoms with Crippen molar-refractivity contribution in [3.8, 4) is 0 Å². The van der Waals surface area contributed by atoms with E-state index in [9.17, 15) is 9.59 Å². The van der Waals surface area contributed by atoms with Crippen molar-refractivity contribution in [3.05, 3.63) is 0 Å². The molecule has 0 aliphatic rings. The molecule has 0 heterocycles. The van der Waals surface area contributed by atoms with Crippen LogP contribution in [0.1, 0.15) is 27.2 Å². The van der Waals surface area contributed by atoms with Crippen molar-refractivity contribution in [2.24, 2.45) is 5.92 Å². The second-order valence-electron chi connectivity index (χ2n) is 4.82. The first kappa shape index (κ1) is 19.7. The number of carbonyl (C=O) groups is 2. The molecule has 7 nitrogen and oxygen atoms in total. The highest BCUT2D eigenvalue weighted by atomic mass is 16.6. The van der Waals surface area contributed by atoms with Crippen LogP contribution in [0.25, 0.3) is 0 Å². The fraction of sp³-hybridized carbons (Fsp3) is 0.857. The number of carbonyl (C=O) groups excluding carboxylic acids is 2. The van der Waals surface area contributed by atoms with E-state index in [2.05, 4.69) is 5.32 Å². The largest absolute Gasteiger partial charge is 0.464 e. The molecular formula is C14H27NO6. The number of alkyl carbamates (subject to hydrolysis) is 1. The Morgan fingerprint density at radius 3 is 2.29 bits per heavy atom. The quantitative estimate of drug-likeness (QED) is 0.458. The van der Waals surface area contributed by atoms with Gasteiger partial charge in [0, 0.05) is 7.11 Å². The highest BCUT2D eigenvalue weighted by Crippen LogP contribution is 2.06. The van der Waals surface area contributed by atoms with Gasteiger partial charge in [-0.05, 0) is 19.3 Å². The van der Waals surface area contributed by atoms with Crippen molar-refractivity contribution in [1.82, 2.24) is 5.32 Å². The van der Waals surface area contributed by atoms with Crippen LogP contribution < -0.4 is 5.32 Å². The third kappa shape index (κ3) is 11.0. The van der Waals surface area contributed by atoms with Gasteiger partial charge in [-0.25, -0.2) is 9.59 Å². The summed E-state index contributed by atoms with van der Waals surface area (Å²) in [5.41, 5.74) is 0. The lowest BCUT2D eigenvalue weighted by Gasteiger charge is -2.18. The first-order chi connectivity index (χ1) is 10.0. The van der Waals surface area contributed by atoms with E-state index < -0.39 is 18.1 Å². The number of hydrogen-bond acceptors (Lipinski definition) is 6. The Morgan fingerprint density at radius 2 is 1.71 bits per heavy atom. The number of ether oxygens (including phenoxy) is 4. The average Bonchev–Trinajstić information content (AvgIpc) is 2.41. The standard InChI is InChI=1S/C14H27NO6/c1-5-20-13(16)12(10-11(2)3)15-14(17)21-9-8-19-7-6-18-4/h11-12H,5-10H2,1-4H3,(H,15,17). The van der Waals surface area contributed by atoms with Gasteiger partial charge in [-0.15, -0.1) is 0 Å². The van der Waals surface area contributed by atoms with Crippen LogP contribution in [-0.4, -0.2) is 58.2 Å². The molecule has 1 N–H and O–H groups in total. The number of esters is 1. The Balaban J connectivity index is 4.01. The first-order valence-electron chi connectivity index (χ1n) is 7.17. The maximum absolute atomic E-state index is 11.7. The van der Waals surface area contributed by atoms with E-state index in [1.54, 1.807) is 14.0 Å². The van der Waals surface area contributed by atoms with Gasteiger partial charge in [-0.1, -0.05) is 13.8 Å². The summed E-state index contributed by atoms with van der Waals surface area (Å²) in [5, 5.41) is 2.52. The summed E-state index contributed by atoms with van der Waals surface area (Å²) in [4.78, 5) is 23.3. The van der Waals surface area contributed by atoms with E-state index in [0.717, 1.165) is 0 Å². The molecule has 0 radical (unpaired) electrons. The molecule has 1 unspecified atom stereocenters. The van der Waals surface area contributed by atoms with Crippen molar-refractivity contribution >= 4 is 12.1 Å². The molecule has 0 saturated carbocycles. The van der Waals surface area contributed by atoms with Gasteiger partial charge < -0.3 is 24.3 Å². The molecule has 0 bridgehead atoms. The Bertz CT molecular complexity index is 295. The fourth-order valence-electron chi connectivity index (χ4n) is 1.55. The molecular weight excluding hydrogens is 278 g/mol. The fourth-order valence-corrected chi connectivity index (χ4v) is 1.55. The monoisotopic (exact) mass is 305 g/mol. The summed E-state index contributed by atoms with van der Waals surface area (Å²) in [6.07, 6.45) is -0.151. The minimum absolute atomic E-state index is 0.118. The second kappa shape index (κ2) is 12.4. The predicted octanol–water partition coefficient (Wildman–Crippen LogP) is 1.35. The molecule has 0 aromatic heterocycles. The van der Waals surface area contributed by atoms with Gasteiger partial charge >= 0.3 is 12.1 Å². The number of nitrogens with one attached hydrogen (secondary N) is 1. The molecule has 1 amide bonds. The number of hydrogen-bond donors (Lipinski definition) is 1. The molecule has 7 heteroatoms. The molecule has 0 aromatic rings. The molecule has 0 aliphatic carbocycles. The number of amides is 1. The summed E-state index contributed by atoms with van der Waals surface area (Å²) < 4.78 is 19.8. The van der Waals surface area contributed by atoms with Crippen molar-refractivity contribution in [2.45, 2.75) is 33.2 Å². The Hall–Kier alpha value is -1.34. The topological polar surface area (TPSA) is 83.1 Å². The van der Waals surface area contributed by atoms with Crippen LogP contribution in [0, 0.1) is 5.92 Å². The molecule has 0 rings (SSSR count). The van der Waals surface area contributed by atoms with E-state index in [1.807, 2.05) is 13.8 Å². The first-order valence-corrected chi connectivity index (χ1v) is 7.17. The maximum atomic E-state index is 11.7. The van der Waals surface area contributed by atoms with Crippen LogP contribution in [0.4, 0.5) is 4.79 Å². The van der Waals surface area contributed by atoms with Gasteiger partial charge in [-0.2, -0.15) is 0 Å². The van der Waals surface area contributed by atoms with Crippen LogP contribution in [0.15, 0.2) is 0 Å². The van der Waals surface area contributed by atoms with Crippen molar-refractivity contribution < 1.29 is 28.5 Å². The van der Waals surface area contributed by atoms with E-state index in [4.69, 9.17) is 18.9 Å². The maximum Gasteiger partial charge on any atom is 0.407 e. The Morgan fingerprint density at radius 1 is 1.05 bits per heavy atom. The SMILES string of the molecule is CCOC(=O)C(CC(C)C)NC(=O)OCCOCCOC. The minimum Gasteiger partial charge on any atom is -0.464 e. The van der Waals surface area contributed by atoms with Gasteiger partial charge in [0.05, 0.1) is 26.4 Å². The van der Waals surface area contributed by atoms with E-state index >= 15 is 0 Å². The predicted molar refractivity (Wildman–Crippen MR) is 77.1 cm³/mol. The third-order valence-electron chi connectivity index (χ3n) is 2.46. The summed E-state index contributed by atoms with van der Waals surface area (Å²) in [7, 11) is 1.58. The average molecular weight is 305 g/mol. The smallest absolute Gasteiger partial charge is 0.407 e. The van der Waals surface area contributed by atoms with Gasteiger partial charge in [0.25, 0.3) is 0 Å². The van der Waals surface area contributed by atoms with Gasteiger partial charge in [0.1, 0.15) is 12.6 Å². The molecule has 124 valence electrons. The van der Waals surface area contributed by atoms with E-state index in [1.165, 1.54) is 0 Å². The number of rotatable bonds is 11. The summed E-state index contributed by atoms with van der Waals surface area (Å²) >= 11 is 0. The highest BCUT2D eigenvalue weighted by molar-refractivity contribution is 5.81. The van der Waals surface area contributed by atoms with Crippen LogP contribution in [0.3, 0.4) is 0 Å². The Kier molecular flexibility index (Phi) is 11.6. The van der Waals surface area contributed by atoms with Crippen LogP contribution in [0.5, 0.6) is 0 Å². The zero-order valence-corrected chi connectivity index (χ0v) is 13.3. The van der Waals surface area contributed by atoms with Crippen molar-refractivity contribution in [3.63, 3.8) is 0 Å².